The number of ether oxygens (including phenoxy) is 3. The minimum Gasteiger partial charge on any atom is -0.491 e. The van der Waals surface area contributed by atoms with Crippen LogP contribution in [0.4, 0.5) is 8.78 Å². The molecule has 1 aromatic rings. The van der Waals surface area contributed by atoms with E-state index in [1.165, 1.54) is 31.4 Å². The molecule has 1 aromatic carbocycles. The molecule has 0 N–H and O–H groups in total. The van der Waals surface area contributed by atoms with Gasteiger partial charge in [-0.05, 0) is 69.4 Å². The van der Waals surface area contributed by atoms with Crippen LogP contribution in [0.1, 0.15) is 51.9 Å². The van der Waals surface area contributed by atoms with Crippen molar-refractivity contribution < 1.29 is 23.0 Å². The van der Waals surface area contributed by atoms with Gasteiger partial charge >= 0.3 is 0 Å². The maximum atomic E-state index is 14.0. The first kappa shape index (κ1) is 18.4. The Morgan fingerprint density at radius 3 is 2.00 bits per heavy atom. The van der Waals surface area contributed by atoms with Crippen molar-refractivity contribution in [2.24, 2.45) is 11.8 Å². The standard InChI is InChI=1S/C20H28F2O3/c1-2-23-17-10-11-18(20(22)19(17)21)25-13-15-6-8-16(9-7-15)24-12-14-4-3-5-14/h10-11,14-16H,2-9,12-13H2,1H3. The molecule has 5 heteroatoms. The first-order chi connectivity index (χ1) is 12.2. The van der Waals surface area contributed by atoms with Gasteiger partial charge in [-0.1, -0.05) is 6.42 Å². The van der Waals surface area contributed by atoms with Gasteiger partial charge in [0.25, 0.3) is 0 Å². The van der Waals surface area contributed by atoms with Crippen LogP contribution in [0.2, 0.25) is 0 Å². The smallest absolute Gasteiger partial charge is 0.204 e. The molecule has 0 spiro atoms. The van der Waals surface area contributed by atoms with Gasteiger partial charge in [-0.15, -0.1) is 0 Å². The largest absolute Gasteiger partial charge is 0.491 e. The fraction of sp³-hybridized carbons (Fsp3) is 0.700. The summed E-state index contributed by atoms with van der Waals surface area (Å²) < 4.78 is 44.5. The molecular weight excluding hydrogens is 326 g/mol. The Kier molecular flexibility index (Phi) is 6.51. The van der Waals surface area contributed by atoms with Gasteiger partial charge in [-0.25, -0.2) is 0 Å². The lowest BCUT2D eigenvalue weighted by Gasteiger charge is -2.31. The van der Waals surface area contributed by atoms with Crippen LogP contribution in [0, 0.1) is 23.5 Å². The molecule has 0 saturated heterocycles. The van der Waals surface area contributed by atoms with Crippen LogP contribution < -0.4 is 9.47 Å². The van der Waals surface area contributed by atoms with Crippen LogP contribution in [0.25, 0.3) is 0 Å². The summed E-state index contributed by atoms with van der Waals surface area (Å²) in [6.45, 7) is 3.35. The van der Waals surface area contributed by atoms with E-state index in [4.69, 9.17) is 14.2 Å². The first-order valence-corrected chi connectivity index (χ1v) is 9.52. The summed E-state index contributed by atoms with van der Waals surface area (Å²) in [5, 5.41) is 0. The highest BCUT2D eigenvalue weighted by molar-refractivity contribution is 5.35. The molecule has 0 aromatic heterocycles. The zero-order chi connectivity index (χ0) is 17.6. The average molecular weight is 354 g/mol. The van der Waals surface area contributed by atoms with Crippen LogP contribution in [0.5, 0.6) is 11.5 Å². The Bertz CT molecular complexity index is 552. The van der Waals surface area contributed by atoms with Gasteiger partial charge in [0.2, 0.25) is 11.6 Å². The summed E-state index contributed by atoms with van der Waals surface area (Å²) in [7, 11) is 0. The zero-order valence-corrected chi connectivity index (χ0v) is 14.9. The summed E-state index contributed by atoms with van der Waals surface area (Å²) in [5.74, 6) is -0.909. The third-order valence-corrected chi connectivity index (χ3v) is 5.37. The second-order valence-electron chi connectivity index (χ2n) is 7.21. The molecule has 0 radical (unpaired) electrons. The number of hydrogen-bond donors (Lipinski definition) is 0. The van der Waals surface area contributed by atoms with Gasteiger partial charge in [-0.2, -0.15) is 8.78 Å². The summed E-state index contributed by atoms with van der Waals surface area (Å²) in [4.78, 5) is 0. The normalized spacial score (nSPS) is 24.0. The summed E-state index contributed by atoms with van der Waals surface area (Å²) in [5.41, 5.74) is 0. The van der Waals surface area contributed by atoms with Gasteiger partial charge < -0.3 is 14.2 Å². The van der Waals surface area contributed by atoms with Crippen molar-refractivity contribution in [3.8, 4) is 11.5 Å². The van der Waals surface area contributed by atoms with E-state index in [0.29, 0.717) is 25.2 Å². The first-order valence-electron chi connectivity index (χ1n) is 9.52. The second-order valence-corrected chi connectivity index (χ2v) is 7.21. The van der Waals surface area contributed by atoms with Crippen molar-refractivity contribution in [1.29, 1.82) is 0 Å². The predicted octanol–water partition coefficient (Wildman–Crippen LogP) is 5.12. The lowest BCUT2D eigenvalue weighted by molar-refractivity contribution is -0.0179. The number of halogens is 2. The molecule has 3 rings (SSSR count). The molecule has 140 valence electrons. The van der Waals surface area contributed by atoms with Crippen LogP contribution >= 0.6 is 0 Å². The molecule has 2 aliphatic carbocycles. The van der Waals surface area contributed by atoms with Gasteiger partial charge in [0.1, 0.15) is 0 Å². The lowest BCUT2D eigenvalue weighted by Crippen LogP contribution is -2.28. The molecule has 0 amide bonds. The molecule has 0 aliphatic heterocycles. The van der Waals surface area contributed by atoms with Crippen LogP contribution in [0.3, 0.4) is 0 Å². The van der Waals surface area contributed by atoms with E-state index in [0.717, 1.165) is 38.2 Å². The monoisotopic (exact) mass is 354 g/mol. The fourth-order valence-electron chi connectivity index (χ4n) is 3.50. The third kappa shape index (κ3) is 4.84. The van der Waals surface area contributed by atoms with E-state index in [9.17, 15) is 8.78 Å². The highest BCUT2D eigenvalue weighted by Crippen LogP contribution is 2.32. The van der Waals surface area contributed by atoms with Crippen LogP contribution in [0.15, 0.2) is 12.1 Å². The summed E-state index contributed by atoms with van der Waals surface area (Å²) >= 11 is 0. The van der Waals surface area contributed by atoms with Crippen LogP contribution in [-0.2, 0) is 4.74 Å². The van der Waals surface area contributed by atoms with Gasteiger partial charge in [0, 0.05) is 6.61 Å². The minimum absolute atomic E-state index is 0.0377. The molecule has 0 bridgehead atoms. The molecule has 2 saturated carbocycles. The molecule has 25 heavy (non-hydrogen) atoms. The van der Waals surface area contributed by atoms with Crippen LogP contribution in [-0.4, -0.2) is 25.9 Å². The third-order valence-electron chi connectivity index (χ3n) is 5.37. The van der Waals surface area contributed by atoms with E-state index in [-0.39, 0.29) is 11.5 Å². The van der Waals surface area contributed by atoms with Gasteiger partial charge in [0.05, 0.1) is 19.3 Å². The Labute approximate surface area is 148 Å². The van der Waals surface area contributed by atoms with Crippen molar-refractivity contribution in [3.05, 3.63) is 23.8 Å². The Morgan fingerprint density at radius 1 is 0.840 bits per heavy atom. The van der Waals surface area contributed by atoms with Gasteiger partial charge in [-0.3, -0.25) is 0 Å². The fourth-order valence-corrected chi connectivity index (χ4v) is 3.50. The predicted molar refractivity (Wildman–Crippen MR) is 92.1 cm³/mol. The second kappa shape index (κ2) is 8.84. The molecule has 0 heterocycles. The Morgan fingerprint density at radius 2 is 1.44 bits per heavy atom. The minimum atomic E-state index is -0.979. The summed E-state index contributed by atoms with van der Waals surface area (Å²) in [6.07, 6.45) is 8.41. The van der Waals surface area contributed by atoms with E-state index in [1.807, 2.05) is 0 Å². The Hall–Kier alpha value is -1.36. The molecule has 3 nitrogen and oxygen atoms in total. The summed E-state index contributed by atoms with van der Waals surface area (Å²) in [6, 6.07) is 2.86. The molecule has 0 unspecified atom stereocenters. The zero-order valence-electron chi connectivity index (χ0n) is 14.9. The highest BCUT2D eigenvalue weighted by atomic mass is 19.2. The SMILES string of the molecule is CCOc1ccc(OCC2CCC(OCC3CCC3)CC2)c(F)c1F. The average Bonchev–Trinajstić information content (AvgIpc) is 2.58. The lowest BCUT2D eigenvalue weighted by atomic mass is 9.85. The number of rotatable bonds is 8. The topological polar surface area (TPSA) is 27.7 Å². The van der Waals surface area contributed by atoms with Crippen molar-refractivity contribution in [2.45, 2.75) is 58.0 Å². The molecule has 0 atom stereocenters. The van der Waals surface area contributed by atoms with Crippen molar-refractivity contribution in [2.75, 3.05) is 19.8 Å². The number of benzene rings is 1. The number of hydrogen-bond acceptors (Lipinski definition) is 3. The van der Waals surface area contributed by atoms with E-state index < -0.39 is 11.6 Å². The molecule has 2 fully saturated rings. The molecular formula is C20H28F2O3. The van der Waals surface area contributed by atoms with Gasteiger partial charge in [0.15, 0.2) is 11.5 Å². The highest BCUT2D eigenvalue weighted by Gasteiger charge is 2.25. The quantitative estimate of drug-likeness (QED) is 0.649. The molecule has 2 aliphatic rings. The maximum absolute atomic E-state index is 14.0. The van der Waals surface area contributed by atoms with E-state index in [1.54, 1.807) is 6.92 Å². The van der Waals surface area contributed by atoms with E-state index in [2.05, 4.69) is 0 Å². The maximum Gasteiger partial charge on any atom is 0.204 e. The van der Waals surface area contributed by atoms with Crippen molar-refractivity contribution in [1.82, 2.24) is 0 Å². The van der Waals surface area contributed by atoms with Crippen molar-refractivity contribution in [3.63, 3.8) is 0 Å². The van der Waals surface area contributed by atoms with Crippen molar-refractivity contribution >= 4 is 0 Å². The Balaban J connectivity index is 1.41. The van der Waals surface area contributed by atoms with E-state index >= 15 is 0 Å².